The Morgan fingerprint density at radius 2 is 2.12 bits per heavy atom. The number of aromatic nitrogens is 2. The molecule has 0 bridgehead atoms. The Bertz CT molecular complexity index is 399. The molecule has 1 aliphatic rings. The van der Waals surface area contributed by atoms with Gasteiger partial charge >= 0.3 is 0 Å². The van der Waals surface area contributed by atoms with Crippen molar-refractivity contribution >= 4 is 33.3 Å². The lowest BCUT2D eigenvalue weighted by atomic mass is 9.80. The van der Waals surface area contributed by atoms with Crippen LogP contribution in [0.1, 0.15) is 33.1 Å². The zero-order valence-corrected chi connectivity index (χ0v) is 12.4. The van der Waals surface area contributed by atoms with Crippen molar-refractivity contribution in [3.63, 3.8) is 0 Å². The van der Waals surface area contributed by atoms with Gasteiger partial charge in [0.05, 0.1) is 4.47 Å². The van der Waals surface area contributed by atoms with E-state index in [1.54, 1.807) is 0 Å². The second-order valence-corrected chi connectivity index (χ2v) is 6.12. The van der Waals surface area contributed by atoms with Gasteiger partial charge in [0.1, 0.15) is 17.3 Å². The van der Waals surface area contributed by atoms with Crippen molar-refractivity contribution in [3.05, 3.63) is 16.0 Å². The van der Waals surface area contributed by atoms with Crippen molar-refractivity contribution in [2.75, 3.05) is 5.32 Å². The maximum Gasteiger partial charge on any atom is 0.148 e. The molecule has 3 unspecified atom stereocenters. The Morgan fingerprint density at radius 3 is 2.82 bits per heavy atom. The topological polar surface area (TPSA) is 37.8 Å². The second kappa shape index (κ2) is 5.53. The normalized spacial score (nSPS) is 29.1. The lowest BCUT2D eigenvalue weighted by Crippen LogP contribution is -2.33. The molecule has 17 heavy (non-hydrogen) atoms. The van der Waals surface area contributed by atoms with E-state index in [1.165, 1.54) is 25.6 Å². The summed E-state index contributed by atoms with van der Waals surface area (Å²) in [4.78, 5) is 8.16. The summed E-state index contributed by atoms with van der Waals surface area (Å²) in [5.41, 5.74) is 0. The van der Waals surface area contributed by atoms with E-state index in [1.807, 2.05) is 0 Å². The third-order valence-corrected chi connectivity index (χ3v) is 4.77. The molecule has 0 spiro atoms. The number of hydrogen-bond donors (Lipinski definition) is 1. The maximum atomic E-state index is 5.95. The van der Waals surface area contributed by atoms with Crippen LogP contribution in [0, 0.1) is 11.8 Å². The minimum atomic E-state index is 0.458. The molecule has 3 nitrogen and oxygen atoms in total. The van der Waals surface area contributed by atoms with E-state index in [0.29, 0.717) is 17.1 Å². The van der Waals surface area contributed by atoms with Gasteiger partial charge in [-0.15, -0.1) is 0 Å². The number of nitrogens with zero attached hydrogens (tertiary/aromatic N) is 2. The molecule has 3 atom stereocenters. The Kier molecular flexibility index (Phi) is 4.26. The summed E-state index contributed by atoms with van der Waals surface area (Å²) in [7, 11) is 0. The van der Waals surface area contributed by atoms with Gasteiger partial charge in [-0.3, -0.25) is 0 Å². The molecule has 5 heteroatoms. The molecule has 0 aromatic carbocycles. The van der Waals surface area contributed by atoms with Gasteiger partial charge in [0.15, 0.2) is 0 Å². The molecule has 1 heterocycles. The van der Waals surface area contributed by atoms with Gasteiger partial charge in [0, 0.05) is 6.04 Å². The summed E-state index contributed by atoms with van der Waals surface area (Å²) < 4.78 is 0.757. The van der Waals surface area contributed by atoms with Crippen molar-refractivity contribution in [2.24, 2.45) is 11.8 Å². The largest absolute Gasteiger partial charge is 0.366 e. The quantitative estimate of drug-likeness (QED) is 0.833. The summed E-state index contributed by atoms with van der Waals surface area (Å²) >= 11 is 9.37. The highest BCUT2D eigenvalue weighted by atomic mass is 79.9. The van der Waals surface area contributed by atoms with E-state index in [9.17, 15) is 0 Å². The molecule has 0 aliphatic heterocycles. The molecule has 94 valence electrons. The van der Waals surface area contributed by atoms with Crippen molar-refractivity contribution in [1.82, 2.24) is 9.97 Å². The second-order valence-electron chi connectivity index (χ2n) is 4.97. The van der Waals surface area contributed by atoms with Crippen molar-refractivity contribution in [2.45, 2.75) is 39.2 Å². The molecular formula is C12H17BrClN3. The van der Waals surface area contributed by atoms with Crippen LogP contribution in [0.5, 0.6) is 0 Å². The third kappa shape index (κ3) is 3.10. The Hall–Kier alpha value is -0.350. The lowest BCUT2D eigenvalue weighted by Gasteiger charge is -2.33. The highest BCUT2D eigenvalue weighted by Gasteiger charge is 2.26. The third-order valence-electron chi connectivity index (χ3n) is 3.50. The number of halogens is 2. The number of nitrogens with one attached hydrogen (secondary N) is 1. The van der Waals surface area contributed by atoms with Crippen molar-refractivity contribution in [1.29, 1.82) is 0 Å². The van der Waals surface area contributed by atoms with Gasteiger partial charge in [-0.2, -0.15) is 0 Å². The Morgan fingerprint density at radius 1 is 1.35 bits per heavy atom. The summed E-state index contributed by atoms with van der Waals surface area (Å²) in [5, 5.41) is 3.94. The van der Waals surface area contributed by atoms with Crippen molar-refractivity contribution in [3.8, 4) is 0 Å². The zero-order valence-electron chi connectivity index (χ0n) is 10.1. The van der Waals surface area contributed by atoms with Crippen LogP contribution < -0.4 is 5.32 Å². The van der Waals surface area contributed by atoms with Gasteiger partial charge in [-0.25, -0.2) is 9.97 Å². The van der Waals surface area contributed by atoms with Gasteiger partial charge in [-0.05, 0) is 47.0 Å². The fourth-order valence-corrected chi connectivity index (χ4v) is 2.96. The van der Waals surface area contributed by atoms with Crippen LogP contribution in [0.25, 0.3) is 0 Å². The molecule has 1 aromatic heterocycles. The van der Waals surface area contributed by atoms with E-state index in [4.69, 9.17) is 11.6 Å². The number of anilines is 1. The van der Waals surface area contributed by atoms with Crippen LogP contribution in [-0.2, 0) is 0 Å². The first-order chi connectivity index (χ1) is 8.08. The van der Waals surface area contributed by atoms with Crippen molar-refractivity contribution < 1.29 is 0 Å². The van der Waals surface area contributed by atoms with Crippen LogP contribution in [0.4, 0.5) is 5.82 Å². The molecule has 1 saturated carbocycles. The molecule has 1 aromatic rings. The molecular weight excluding hydrogens is 302 g/mol. The van der Waals surface area contributed by atoms with E-state index in [-0.39, 0.29) is 0 Å². The summed E-state index contributed by atoms with van der Waals surface area (Å²) in [6, 6.07) is 0.480. The average molecular weight is 319 g/mol. The standard InChI is InChI=1S/C12H17BrClN3/c1-7-3-4-9(8(2)5-7)17-12-10(13)11(14)15-6-16-12/h6-9H,3-5H2,1-2H3,(H,15,16,17). The molecule has 1 aliphatic carbocycles. The molecule has 1 N–H and O–H groups in total. The molecule has 2 rings (SSSR count). The zero-order chi connectivity index (χ0) is 12.4. The van der Waals surface area contributed by atoms with Gasteiger partial charge in [0.2, 0.25) is 0 Å². The number of rotatable bonds is 2. The van der Waals surface area contributed by atoms with Crippen LogP contribution >= 0.6 is 27.5 Å². The van der Waals surface area contributed by atoms with E-state index in [2.05, 4.69) is 45.1 Å². The van der Waals surface area contributed by atoms with E-state index < -0.39 is 0 Å². The van der Waals surface area contributed by atoms with Gasteiger partial charge in [-0.1, -0.05) is 25.4 Å². The molecule has 1 fully saturated rings. The summed E-state index contributed by atoms with van der Waals surface area (Å²) in [6.07, 6.45) is 5.23. The monoisotopic (exact) mass is 317 g/mol. The number of hydrogen-bond acceptors (Lipinski definition) is 3. The maximum absolute atomic E-state index is 5.95. The van der Waals surface area contributed by atoms with Crippen LogP contribution in [0.15, 0.2) is 10.8 Å². The van der Waals surface area contributed by atoms with Crippen LogP contribution in [0.2, 0.25) is 5.15 Å². The first-order valence-corrected chi connectivity index (χ1v) is 7.17. The fraction of sp³-hybridized carbons (Fsp3) is 0.667. The SMILES string of the molecule is CC1CCC(Nc2ncnc(Cl)c2Br)C(C)C1. The summed E-state index contributed by atoms with van der Waals surface area (Å²) in [6.45, 7) is 4.62. The van der Waals surface area contributed by atoms with Crippen LogP contribution in [0.3, 0.4) is 0 Å². The van der Waals surface area contributed by atoms with E-state index >= 15 is 0 Å². The van der Waals surface area contributed by atoms with Crippen LogP contribution in [-0.4, -0.2) is 16.0 Å². The minimum absolute atomic E-state index is 0.458. The Labute approximate surface area is 116 Å². The first kappa shape index (κ1) is 13.1. The van der Waals surface area contributed by atoms with Gasteiger partial charge < -0.3 is 5.32 Å². The average Bonchev–Trinajstić information content (AvgIpc) is 2.28. The molecule has 0 saturated heterocycles. The minimum Gasteiger partial charge on any atom is -0.366 e. The molecule has 0 radical (unpaired) electrons. The first-order valence-electron chi connectivity index (χ1n) is 6.00. The predicted octanol–water partition coefficient (Wildman–Crippen LogP) is 4.13. The lowest BCUT2D eigenvalue weighted by molar-refractivity contribution is 0.276. The molecule has 0 amide bonds. The Balaban J connectivity index is 2.08. The highest BCUT2D eigenvalue weighted by molar-refractivity contribution is 9.10. The predicted molar refractivity (Wildman–Crippen MR) is 74.3 cm³/mol. The highest BCUT2D eigenvalue weighted by Crippen LogP contribution is 2.33. The van der Waals surface area contributed by atoms with Gasteiger partial charge in [0.25, 0.3) is 0 Å². The van der Waals surface area contributed by atoms with E-state index in [0.717, 1.165) is 16.2 Å². The summed E-state index contributed by atoms with van der Waals surface area (Å²) in [5.74, 6) is 2.30. The fourth-order valence-electron chi connectivity index (χ4n) is 2.50. The smallest absolute Gasteiger partial charge is 0.148 e.